The average molecular weight is 207 g/mol. The highest BCUT2D eigenvalue weighted by molar-refractivity contribution is 5.38. The Morgan fingerprint density at radius 3 is 3.00 bits per heavy atom. The standard InChI is InChI=1S/C11H17N3O/c1-4-6-7-15-11-8-10(12-5-2)13-9(3)14-11/h4,8H,1,5-7H2,2-3H3,(H,12,13,14). The number of nitrogens with zero attached hydrogens (tertiary/aromatic N) is 2. The van der Waals surface area contributed by atoms with E-state index in [4.69, 9.17) is 4.74 Å². The molecule has 0 unspecified atom stereocenters. The Hall–Kier alpha value is -1.58. The molecule has 0 saturated heterocycles. The van der Waals surface area contributed by atoms with Gasteiger partial charge in [-0.1, -0.05) is 6.08 Å². The van der Waals surface area contributed by atoms with Crippen LogP contribution in [0.5, 0.6) is 5.88 Å². The van der Waals surface area contributed by atoms with Crippen molar-refractivity contribution in [3.63, 3.8) is 0 Å². The maximum atomic E-state index is 5.45. The predicted molar refractivity (Wildman–Crippen MR) is 61.2 cm³/mol. The molecule has 0 radical (unpaired) electrons. The summed E-state index contributed by atoms with van der Waals surface area (Å²) in [7, 11) is 0. The Bertz CT molecular complexity index is 326. The third-order valence-electron chi connectivity index (χ3n) is 1.74. The largest absolute Gasteiger partial charge is 0.477 e. The molecule has 0 saturated carbocycles. The van der Waals surface area contributed by atoms with Gasteiger partial charge in [-0.2, -0.15) is 4.98 Å². The summed E-state index contributed by atoms with van der Waals surface area (Å²) in [6.45, 7) is 8.94. The van der Waals surface area contributed by atoms with Crippen LogP contribution < -0.4 is 10.1 Å². The van der Waals surface area contributed by atoms with Gasteiger partial charge >= 0.3 is 0 Å². The maximum absolute atomic E-state index is 5.45. The van der Waals surface area contributed by atoms with E-state index in [-0.39, 0.29) is 0 Å². The molecule has 0 aromatic carbocycles. The van der Waals surface area contributed by atoms with Crippen molar-refractivity contribution >= 4 is 5.82 Å². The van der Waals surface area contributed by atoms with Gasteiger partial charge in [-0.25, -0.2) is 4.98 Å². The minimum Gasteiger partial charge on any atom is -0.477 e. The van der Waals surface area contributed by atoms with Crippen molar-refractivity contribution in [1.29, 1.82) is 0 Å². The van der Waals surface area contributed by atoms with Crippen molar-refractivity contribution < 1.29 is 4.74 Å². The molecule has 15 heavy (non-hydrogen) atoms. The van der Waals surface area contributed by atoms with E-state index in [1.54, 1.807) is 6.07 Å². The summed E-state index contributed by atoms with van der Waals surface area (Å²) >= 11 is 0. The second-order valence-electron chi connectivity index (χ2n) is 3.09. The lowest BCUT2D eigenvalue weighted by Crippen LogP contribution is -2.04. The van der Waals surface area contributed by atoms with Gasteiger partial charge in [0, 0.05) is 12.6 Å². The van der Waals surface area contributed by atoms with Gasteiger partial charge in [0.15, 0.2) is 0 Å². The van der Waals surface area contributed by atoms with E-state index in [1.165, 1.54) is 0 Å². The van der Waals surface area contributed by atoms with Crippen molar-refractivity contribution in [2.45, 2.75) is 20.3 Å². The SMILES string of the molecule is C=CCCOc1cc(NCC)nc(C)n1. The fraction of sp³-hybridized carbons (Fsp3) is 0.455. The van der Waals surface area contributed by atoms with Crippen molar-refractivity contribution in [3.05, 3.63) is 24.5 Å². The molecule has 0 aliphatic carbocycles. The number of aryl methyl sites for hydroxylation is 1. The third-order valence-corrected chi connectivity index (χ3v) is 1.74. The molecule has 1 aromatic rings. The van der Waals surface area contributed by atoms with E-state index in [0.29, 0.717) is 18.3 Å². The fourth-order valence-corrected chi connectivity index (χ4v) is 1.13. The molecule has 0 atom stereocenters. The molecule has 1 heterocycles. The Morgan fingerprint density at radius 2 is 2.33 bits per heavy atom. The van der Waals surface area contributed by atoms with Gasteiger partial charge in [-0.15, -0.1) is 6.58 Å². The van der Waals surface area contributed by atoms with Crippen LogP contribution in [0.1, 0.15) is 19.2 Å². The number of hydrogen-bond acceptors (Lipinski definition) is 4. The first kappa shape index (κ1) is 11.5. The Balaban J connectivity index is 2.65. The van der Waals surface area contributed by atoms with Crippen LogP contribution in [0.25, 0.3) is 0 Å². The number of rotatable bonds is 6. The zero-order valence-electron chi connectivity index (χ0n) is 9.29. The van der Waals surface area contributed by atoms with Crippen molar-refractivity contribution in [3.8, 4) is 5.88 Å². The first-order valence-corrected chi connectivity index (χ1v) is 5.09. The van der Waals surface area contributed by atoms with Crippen LogP contribution in [0, 0.1) is 6.92 Å². The maximum Gasteiger partial charge on any atom is 0.218 e. The highest BCUT2D eigenvalue weighted by atomic mass is 16.5. The smallest absolute Gasteiger partial charge is 0.218 e. The number of ether oxygens (including phenoxy) is 1. The van der Waals surface area contributed by atoms with Gasteiger partial charge in [0.25, 0.3) is 0 Å². The minimum absolute atomic E-state index is 0.603. The zero-order valence-corrected chi connectivity index (χ0v) is 9.29. The first-order chi connectivity index (χ1) is 7.26. The average Bonchev–Trinajstić information content (AvgIpc) is 2.18. The minimum atomic E-state index is 0.603. The van der Waals surface area contributed by atoms with Crippen LogP contribution in [0.3, 0.4) is 0 Å². The molecule has 1 rings (SSSR count). The molecular weight excluding hydrogens is 190 g/mol. The molecule has 0 aliphatic rings. The molecule has 0 bridgehead atoms. The van der Waals surface area contributed by atoms with Gasteiger partial charge in [0.05, 0.1) is 6.61 Å². The molecule has 0 spiro atoms. The molecule has 4 nitrogen and oxygen atoms in total. The second kappa shape index (κ2) is 6.01. The number of nitrogens with one attached hydrogen (secondary N) is 1. The summed E-state index contributed by atoms with van der Waals surface area (Å²) in [4.78, 5) is 8.41. The van der Waals surface area contributed by atoms with E-state index in [2.05, 4.69) is 21.9 Å². The lowest BCUT2D eigenvalue weighted by Gasteiger charge is -2.07. The zero-order chi connectivity index (χ0) is 11.1. The van der Waals surface area contributed by atoms with Crippen LogP contribution in [0.4, 0.5) is 5.82 Å². The number of anilines is 1. The topological polar surface area (TPSA) is 47.0 Å². The van der Waals surface area contributed by atoms with Gasteiger partial charge in [0.1, 0.15) is 11.6 Å². The van der Waals surface area contributed by atoms with E-state index in [0.717, 1.165) is 18.8 Å². The van der Waals surface area contributed by atoms with Crippen LogP contribution in [-0.2, 0) is 0 Å². The van der Waals surface area contributed by atoms with Crippen LogP contribution in [-0.4, -0.2) is 23.1 Å². The summed E-state index contributed by atoms with van der Waals surface area (Å²) in [6.07, 6.45) is 2.64. The molecular formula is C11H17N3O. The highest BCUT2D eigenvalue weighted by Gasteiger charge is 2.01. The van der Waals surface area contributed by atoms with Crippen LogP contribution >= 0.6 is 0 Å². The van der Waals surface area contributed by atoms with Crippen molar-refractivity contribution in [2.24, 2.45) is 0 Å². The lowest BCUT2D eigenvalue weighted by atomic mass is 10.4. The monoisotopic (exact) mass is 207 g/mol. The van der Waals surface area contributed by atoms with E-state index in [9.17, 15) is 0 Å². The molecule has 1 aromatic heterocycles. The summed E-state index contributed by atoms with van der Waals surface area (Å²) in [5.41, 5.74) is 0. The van der Waals surface area contributed by atoms with E-state index >= 15 is 0 Å². The Kier molecular flexibility index (Phi) is 4.60. The summed E-state index contributed by atoms with van der Waals surface area (Å²) in [5.74, 6) is 2.13. The molecule has 0 amide bonds. The van der Waals surface area contributed by atoms with E-state index in [1.807, 2.05) is 19.9 Å². The number of aromatic nitrogens is 2. The third kappa shape index (κ3) is 3.97. The summed E-state index contributed by atoms with van der Waals surface area (Å²) < 4.78 is 5.45. The molecule has 0 fully saturated rings. The summed E-state index contributed by atoms with van der Waals surface area (Å²) in [5, 5.41) is 3.13. The Labute approximate surface area is 90.4 Å². The predicted octanol–water partition coefficient (Wildman–Crippen LogP) is 2.17. The summed E-state index contributed by atoms with van der Waals surface area (Å²) in [6, 6.07) is 1.81. The normalized spacial score (nSPS) is 9.73. The fourth-order valence-electron chi connectivity index (χ4n) is 1.13. The second-order valence-corrected chi connectivity index (χ2v) is 3.09. The molecule has 4 heteroatoms. The van der Waals surface area contributed by atoms with Crippen molar-refractivity contribution in [1.82, 2.24) is 9.97 Å². The van der Waals surface area contributed by atoms with Gasteiger partial charge in [0.2, 0.25) is 5.88 Å². The Morgan fingerprint density at radius 1 is 1.53 bits per heavy atom. The van der Waals surface area contributed by atoms with Crippen LogP contribution in [0.2, 0.25) is 0 Å². The van der Waals surface area contributed by atoms with Crippen molar-refractivity contribution in [2.75, 3.05) is 18.5 Å². The number of hydrogen-bond donors (Lipinski definition) is 1. The van der Waals surface area contributed by atoms with Gasteiger partial charge in [-0.3, -0.25) is 0 Å². The van der Waals surface area contributed by atoms with E-state index < -0.39 is 0 Å². The molecule has 82 valence electrons. The molecule has 1 N–H and O–H groups in total. The van der Waals surface area contributed by atoms with Crippen LogP contribution in [0.15, 0.2) is 18.7 Å². The lowest BCUT2D eigenvalue weighted by molar-refractivity contribution is 0.311. The van der Waals surface area contributed by atoms with Gasteiger partial charge in [-0.05, 0) is 20.3 Å². The highest BCUT2D eigenvalue weighted by Crippen LogP contribution is 2.13. The van der Waals surface area contributed by atoms with Gasteiger partial charge < -0.3 is 10.1 Å². The quantitative estimate of drug-likeness (QED) is 0.573. The first-order valence-electron chi connectivity index (χ1n) is 5.09. The molecule has 0 aliphatic heterocycles.